The minimum absolute atomic E-state index is 0.0618. The molecule has 0 unspecified atom stereocenters. The predicted octanol–water partition coefficient (Wildman–Crippen LogP) is 1.88. The van der Waals surface area contributed by atoms with Crippen LogP contribution in [0.2, 0.25) is 0 Å². The van der Waals surface area contributed by atoms with Crippen molar-refractivity contribution in [3.05, 3.63) is 36.0 Å². The van der Waals surface area contributed by atoms with Crippen LogP contribution in [0.3, 0.4) is 0 Å². The molecule has 1 saturated heterocycles. The lowest BCUT2D eigenvalue weighted by Crippen LogP contribution is -2.46. The second-order valence-corrected chi connectivity index (χ2v) is 6.89. The molecule has 30 heavy (non-hydrogen) atoms. The second kappa shape index (κ2) is 9.91. The van der Waals surface area contributed by atoms with E-state index in [4.69, 9.17) is 14.0 Å². The Hall–Kier alpha value is -3.36. The SMILES string of the molecule is CCOC(=O)[C@H]1CCCN(C(=O)CNC(=O)c2cc(-c3ccccc3OC)on2)C1. The molecule has 2 amide bonds. The fraction of sp³-hybridized carbons (Fsp3) is 0.429. The highest BCUT2D eigenvalue weighted by atomic mass is 16.5. The molecule has 9 heteroatoms. The van der Waals surface area contributed by atoms with Gasteiger partial charge >= 0.3 is 5.97 Å². The number of rotatable bonds is 7. The molecule has 1 aromatic carbocycles. The van der Waals surface area contributed by atoms with Crippen molar-refractivity contribution in [1.82, 2.24) is 15.4 Å². The largest absolute Gasteiger partial charge is 0.496 e. The Morgan fingerprint density at radius 2 is 2.10 bits per heavy atom. The Balaban J connectivity index is 1.56. The van der Waals surface area contributed by atoms with Crippen molar-refractivity contribution in [1.29, 1.82) is 0 Å². The van der Waals surface area contributed by atoms with Crippen LogP contribution in [-0.2, 0) is 14.3 Å². The zero-order chi connectivity index (χ0) is 21.5. The summed E-state index contributed by atoms with van der Waals surface area (Å²) in [5.74, 6) is -0.407. The molecule has 3 rings (SSSR count). The van der Waals surface area contributed by atoms with Crippen LogP contribution in [0.1, 0.15) is 30.3 Å². The van der Waals surface area contributed by atoms with Crippen LogP contribution in [0.5, 0.6) is 5.75 Å². The third-order valence-electron chi connectivity index (χ3n) is 4.91. The number of aromatic nitrogens is 1. The topological polar surface area (TPSA) is 111 Å². The van der Waals surface area contributed by atoms with Crippen molar-refractivity contribution in [3.63, 3.8) is 0 Å². The van der Waals surface area contributed by atoms with Gasteiger partial charge in [0.1, 0.15) is 5.75 Å². The van der Waals surface area contributed by atoms with Crippen LogP contribution in [0.15, 0.2) is 34.9 Å². The number of carbonyl (C=O) groups excluding carboxylic acids is 3. The van der Waals surface area contributed by atoms with E-state index < -0.39 is 5.91 Å². The molecule has 0 spiro atoms. The molecular weight excluding hydrogens is 390 g/mol. The van der Waals surface area contributed by atoms with E-state index in [0.717, 1.165) is 0 Å². The maximum atomic E-state index is 12.5. The average molecular weight is 415 g/mol. The summed E-state index contributed by atoms with van der Waals surface area (Å²) in [7, 11) is 1.54. The monoisotopic (exact) mass is 415 g/mol. The first-order valence-electron chi connectivity index (χ1n) is 9.86. The number of nitrogens with zero attached hydrogens (tertiary/aromatic N) is 2. The Morgan fingerprint density at radius 3 is 2.87 bits per heavy atom. The summed E-state index contributed by atoms with van der Waals surface area (Å²) in [5.41, 5.74) is 0.729. The number of amides is 2. The summed E-state index contributed by atoms with van der Waals surface area (Å²) in [4.78, 5) is 38.4. The van der Waals surface area contributed by atoms with Crippen LogP contribution in [0.4, 0.5) is 0 Å². The van der Waals surface area contributed by atoms with Gasteiger partial charge in [-0.05, 0) is 31.9 Å². The van der Waals surface area contributed by atoms with Crippen molar-refractivity contribution in [2.45, 2.75) is 19.8 Å². The first-order valence-corrected chi connectivity index (χ1v) is 9.86. The van der Waals surface area contributed by atoms with Gasteiger partial charge in [-0.15, -0.1) is 0 Å². The summed E-state index contributed by atoms with van der Waals surface area (Å²) in [6.45, 7) is 2.73. The molecule has 0 bridgehead atoms. The first kappa shape index (κ1) is 21.4. The zero-order valence-electron chi connectivity index (χ0n) is 17.1. The minimum Gasteiger partial charge on any atom is -0.496 e. The van der Waals surface area contributed by atoms with Crippen LogP contribution in [0.25, 0.3) is 11.3 Å². The van der Waals surface area contributed by atoms with E-state index in [-0.39, 0.29) is 30.0 Å². The molecule has 1 aliphatic heterocycles. The fourth-order valence-electron chi connectivity index (χ4n) is 3.37. The minimum atomic E-state index is -0.521. The lowest BCUT2D eigenvalue weighted by molar-refractivity contribution is -0.151. The lowest BCUT2D eigenvalue weighted by atomic mass is 9.98. The Morgan fingerprint density at radius 1 is 1.30 bits per heavy atom. The van der Waals surface area contributed by atoms with Gasteiger partial charge in [0.25, 0.3) is 5.91 Å². The van der Waals surface area contributed by atoms with Gasteiger partial charge in [0.15, 0.2) is 11.5 Å². The standard InChI is InChI=1S/C21H25N3O6/c1-3-29-21(27)14-7-6-10-24(13-14)19(25)12-22-20(26)16-11-18(30-23-16)15-8-4-5-9-17(15)28-2/h4-5,8-9,11,14H,3,6-7,10,12-13H2,1-2H3,(H,22,26)/t14-/m0/s1. The maximum Gasteiger partial charge on any atom is 0.310 e. The smallest absolute Gasteiger partial charge is 0.310 e. The number of hydrogen-bond donors (Lipinski definition) is 1. The maximum absolute atomic E-state index is 12.5. The molecule has 2 aromatic rings. The number of methoxy groups -OCH3 is 1. The van der Waals surface area contributed by atoms with Gasteiger partial charge in [-0.2, -0.15) is 0 Å². The lowest BCUT2D eigenvalue weighted by Gasteiger charge is -2.31. The van der Waals surface area contributed by atoms with Crippen LogP contribution in [0, 0.1) is 5.92 Å². The van der Waals surface area contributed by atoms with E-state index in [9.17, 15) is 14.4 Å². The van der Waals surface area contributed by atoms with Crippen LogP contribution >= 0.6 is 0 Å². The van der Waals surface area contributed by atoms with E-state index in [0.29, 0.717) is 49.6 Å². The normalized spacial score (nSPS) is 16.1. The third-order valence-corrected chi connectivity index (χ3v) is 4.91. The molecule has 0 radical (unpaired) electrons. The number of ether oxygens (including phenoxy) is 2. The zero-order valence-corrected chi connectivity index (χ0v) is 17.1. The average Bonchev–Trinajstić information content (AvgIpc) is 3.27. The van der Waals surface area contributed by atoms with Gasteiger partial charge in [0, 0.05) is 19.2 Å². The number of hydrogen-bond acceptors (Lipinski definition) is 7. The number of carbonyl (C=O) groups is 3. The van der Waals surface area contributed by atoms with Gasteiger partial charge in [-0.25, -0.2) is 0 Å². The molecule has 1 aliphatic rings. The quantitative estimate of drug-likeness (QED) is 0.687. The number of benzene rings is 1. The van der Waals surface area contributed by atoms with Crippen molar-refractivity contribution in [2.24, 2.45) is 5.92 Å². The number of nitrogens with one attached hydrogen (secondary N) is 1. The van der Waals surface area contributed by atoms with E-state index in [1.54, 1.807) is 31.1 Å². The first-order chi connectivity index (χ1) is 14.5. The number of esters is 1. The Labute approximate surface area is 174 Å². The molecule has 160 valence electrons. The van der Waals surface area contributed by atoms with Gasteiger partial charge in [0.2, 0.25) is 5.91 Å². The van der Waals surface area contributed by atoms with E-state index in [1.807, 2.05) is 12.1 Å². The van der Waals surface area contributed by atoms with Crippen molar-refractivity contribution in [2.75, 3.05) is 33.4 Å². The highest BCUT2D eigenvalue weighted by molar-refractivity contribution is 5.95. The number of likely N-dealkylation sites (tertiary alicyclic amines) is 1. The van der Waals surface area contributed by atoms with Gasteiger partial charge in [0.05, 0.1) is 31.7 Å². The number of para-hydroxylation sites is 1. The second-order valence-electron chi connectivity index (χ2n) is 6.89. The Bertz CT molecular complexity index is 910. The van der Waals surface area contributed by atoms with Crippen LogP contribution < -0.4 is 10.1 Å². The van der Waals surface area contributed by atoms with Crippen molar-refractivity contribution < 1.29 is 28.4 Å². The predicted molar refractivity (Wildman–Crippen MR) is 107 cm³/mol. The van der Waals surface area contributed by atoms with Gasteiger partial charge in [-0.1, -0.05) is 17.3 Å². The molecule has 1 fully saturated rings. The van der Waals surface area contributed by atoms with E-state index >= 15 is 0 Å². The van der Waals surface area contributed by atoms with Gasteiger partial charge in [-0.3, -0.25) is 14.4 Å². The van der Waals surface area contributed by atoms with E-state index in [2.05, 4.69) is 10.5 Å². The molecule has 1 N–H and O–H groups in total. The highest BCUT2D eigenvalue weighted by Gasteiger charge is 2.29. The molecule has 1 aromatic heterocycles. The summed E-state index contributed by atoms with van der Waals surface area (Å²) in [5, 5.41) is 6.34. The summed E-state index contributed by atoms with van der Waals surface area (Å²) in [6.07, 6.45) is 1.41. The third kappa shape index (κ3) is 4.97. The fourth-order valence-corrected chi connectivity index (χ4v) is 3.37. The summed E-state index contributed by atoms with van der Waals surface area (Å²) in [6, 6.07) is 8.71. The summed E-state index contributed by atoms with van der Waals surface area (Å²) >= 11 is 0. The molecular formula is C21H25N3O6. The molecule has 9 nitrogen and oxygen atoms in total. The Kier molecular flexibility index (Phi) is 7.05. The molecule has 1 atom stereocenters. The summed E-state index contributed by atoms with van der Waals surface area (Å²) < 4.78 is 15.6. The van der Waals surface area contributed by atoms with Gasteiger partial charge < -0.3 is 24.2 Å². The van der Waals surface area contributed by atoms with Crippen molar-refractivity contribution in [3.8, 4) is 17.1 Å². The van der Waals surface area contributed by atoms with Crippen molar-refractivity contribution >= 4 is 17.8 Å². The molecule has 0 saturated carbocycles. The van der Waals surface area contributed by atoms with E-state index in [1.165, 1.54) is 6.07 Å². The molecule has 0 aliphatic carbocycles. The number of piperidine rings is 1. The highest BCUT2D eigenvalue weighted by Crippen LogP contribution is 2.29. The van der Waals surface area contributed by atoms with Crippen LogP contribution in [-0.4, -0.2) is 61.2 Å². The molecule has 2 heterocycles.